The van der Waals surface area contributed by atoms with Gasteiger partial charge in [0.15, 0.2) is 11.5 Å². The first kappa shape index (κ1) is 18.5. The molecule has 136 valence electrons. The maximum atomic E-state index is 9.66. The van der Waals surface area contributed by atoms with E-state index in [1.807, 2.05) is 41.8 Å². The minimum atomic E-state index is 0.452. The molecule has 0 spiro atoms. The molecule has 0 aliphatic carbocycles. The summed E-state index contributed by atoms with van der Waals surface area (Å²) < 4.78 is 16.2. The van der Waals surface area contributed by atoms with Crippen LogP contribution in [0.15, 0.2) is 47.8 Å². The van der Waals surface area contributed by atoms with Gasteiger partial charge < -0.3 is 14.2 Å². The van der Waals surface area contributed by atoms with Crippen LogP contribution in [0.5, 0.6) is 17.2 Å². The molecule has 0 saturated heterocycles. The Hall–Kier alpha value is -3.30. The fraction of sp³-hybridized carbons (Fsp3) is 0.143. The van der Waals surface area contributed by atoms with E-state index in [2.05, 4.69) is 11.1 Å². The number of hydrogen-bond donors (Lipinski definition) is 0. The molecular formula is C21H18N2O3S. The van der Waals surface area contributed by atoms with Crippen molar-refractivity contribution in [3.05, 3.63) is 58.4 Å². The summed E-state index contributed by atoms with van der Waals surface area (Å²) in [6.45, 7) is 0. The van der Waals surface area contributed by atoms with Crippen molar-refractivity contribution >= 4 is 23.0 Å². The Morgan fingerprint density at radius 2 is 1.74 bits per heavy atom. The average Bonchev–Trinajstić information content (AvgIpc) is 3.21. The largest absolute Gasteiger partial charge is 0.493 e. The second-order valence-corrected chi connectivity index (χ2v) is 6.36. The van der Waals surface area contributed by atoms with Gasteiger partial charge in [-0.2, -0.15) is 5.26 Å². The van der Waals surface area contributed by atoms with Crippen LogP contribution < -0.4 is 14.2 Å². The predicted molar refractivity (Wildman–Crippen MR) is 107 cm³/mol. The summed E-state index contributed by atoms with van der Waals surface area (Å²) in [5.41, 5.74) is 3.02. The molecule has 2 aromatic carbocycles. The molecule has 0 bridgehead atoms. The van der Waals surface area contributed by atoms with Gasteiger partial charge in [0.1, 0.15) is 11.1 Å². The van der Waals surface area contributed by atoms with Gasteiger partial charge in [-0.05, 0) is 18.2 Å². The minimum absolute atomic E-state index is 0.452. The molecule has 0 amide bonds. The number of hydrogen-bond acceptors (Lipinski definition) is 6. The van der Waals surface area contributed by atoms with Crippen molar-refractivity contribution in [3.8, 4) is 34.6 Å². The smallest absolute Gasteiger partial charge is 0.203 e. The number of methoxy groups -OCH3 is 3. The first-order valence-electron chi connectivity index (χ1n) is 8.14. The molecule has 0 atom stereocenters. The second kappa shape index (κ2) is 8.39. The summed E-state index contributed by atoms with van der Waals surface area (Å²) in [4.78, 5) is 4.61. The van der Waals surface area contributed by atoms with Crippen LogP contribution in [0.3, 0.4) is 0 Å². The van der Waals surface area contributed by atoms with Gasteiger partial charge in [0.2, 0.25) is 5.75 Å². The number of nitriles is 1. The third kappa shape index (κ3) is 3.78. The van der Waals surface area contributed by atoms with Crippen LogP contribution in [0.4, 0.5) is 0 Å². The summed E-state index contributed by atoms with van der Waals surface area (Å²) in [7, 11) is 4.66. The summed E-state index contributed by atoms with van der Waals surface area (Å²) in [6.07, 6.45) is 1.74. The zero-order chi connectivity index (χ0) is 19.2. The van der Waals surface area contributed by atoms with Gasteiger partial charge >= 0.3 is 0 Å². The van der Waals surface area contributed by atoms with Crippen molar-refractivity contribution in [2.24, 2.45) is 0 Å². The van der Waals surface area contributed by atoms with Gasteiger partial charge in [-0.3, -0.25) is 0 Å². The lowest BCUT2D eigenvalue weighted by Crippen LogP contribution is -1.97. The Kier molecular flexibility index (Phi) is 5.74. The topological polar surface area (TPSA) is 64.4 Å². The molecule has 6 heteroatoms. The highest BCUT2D eigenvalue weighted by Gasteiger charge is 2.16. The van der Waals surface area contributed by atoms with E-state index >= 15 is 0 Å². The molecule has 0 fully saturated rings. The number of allylic oxidation sites excluding steroid dienone is 1. The number of ether oxygens (including phenoxy) is 3. The molecule has 0 unspecified atom stereocenters. The maximum Gasteiger partial charge on any atom is 0.203 e. The zero-order valence-corrected chi connectivity index (χ0v) is 16.0. The van der Waals surface area contributed by atoms with Gasteiger partial charge in [-0.25, -0.2) is 4.98 Å². The Labute approximate surface area is 162 Å². The molecule has 5 nitrogen and oxygen atoms in total. The van der Waals surface area contributed by atoms with Crippen molar-refractivity contribution < 1.29 is 14.2 Å². The van der Waals surface area contributed by atoms with Gasteiger partial charge in [-0.15, -0.1) is 11.3 Å². The predicted octanol–water partition coefficient (Wildman–Crippen LogP) is 4.90. The van der Waals surface area contributed by atoms with E-state index in [9.17, 15) is 5.26 Å². The van der Waals surface area contributed by atoms with Crippen LogP contribution in [0, 0.1) is 11.3 Å². The third-order valence-electron chi connectivity index (χ3n) is 3.96. The van der Waals surface area contributed by atoms with Crippen LogP contribution in [0.1, 0.15) is 10.6 Å². The Morgan fingerprint density at radius 3 is 2.37 bits per heavy atom. The van der Waals surface area contributed by atoms with Crippen LogP contribution in [-0.4, -0.2) is 26.3 Å². The van der Waals surface area contributed by atoms with Gasteiger partial charge in [0.25, 0.3) is 0 Å². The monoisotopic (exact) mass is 378 g/mol. The van der Waals surface area contributed by atoms with E-state index in [-0.39, 0.29) is 0 Å². The number of thiazole rings is 1. The fourth-order valence-electron chi connectivity index (χ4n) is 2.67. The Morgan fingerprint density at radius 1 is 1.00 bits per heavy atom. The number of nitrogens with zero attached hydrogens (tertiary/aromatic N) is 2. The van der Waals surface area contributed by atoms with Gasteiger partial charge in [0.05, 0.1) is 32.6 Å². The molecule has 0 N–H and O–H groups in total. The highest BCUT2D eigenvalue weighted by molar-refractivity contribution is 7.11. The minimum Gasteiger partial charge on any atom is -0.493 e. The van der Waals surface area contributed by atoms with Crippen LogP contribution >= 0.6 is 11.3 Å². The lowest BCUT2D eigenvalue weighted by Gasteiger charge is -2.14. The molecule has 3 rings (SSSR count). The summed E-state index contributed by atoms with van der Waals surface area (Å²) >= 11 is 1.43. The number of aromatic nitrogens is 1. The molecule has 0 saturated carbocycles. The normalized spacial score (nSPS) is 11.0. The lowest BCUT2D eigenvalue weighted by atomic mass is 10.1. The molecule has 0 radical (unpaired) electrons. The molecule has 1 aromatic heterocycles. The summed E-state index contributed by atoms with van der Waals surface area (Å²) in [5.74, 6) is 1.55. The van der Waals surface area contributed by atoms with E-state index in [0.29, 0.717) is 33.4 Å². The fourth-order valence-corrected chi connectivity index (χ4v) is 3.47. The average molecular weight is 378 g/mol. The maximum absolute atomic E-state index is 9.66. The molecule has 0 aliphatic heterocycles. The van der Waals surface area contributed by atoms with E-state index < -0.39 is 0 Å². The first-order valence-corrected chi connectivity index (χ1v) is 9.01. The molecule has 3 aromatic rings. The van der Waals surface area contributed by atoms with Crippen LogP contribution in [-0.2, 0) is 0 Å². The SMILES string of the molecule is COc1ccc(/C=C(/C#N)c2nc(-c3ccccc3)cs2)c(OC)c1OC. The van der Waals surface area contributed by atoms with E-state index in [1.54, 1.807) is 33.5 Å². The second-order valence-electron chi connectivity index (χ2n) is 5.50. The van der Waals surface area contributed by atoms with Crippen LogP contribution in [0.2, 0.25) is 0 Å². The van der Waals surface area contributed by atoms with Crippen molar-refractivity contribution in [1.82, 2.24) is 4.98 Å². The molecular weight excluding hydrogens is 360 g/mol. The van der Waals surface area contributed by atoms with Crippen molar-refractivity contribution in [3.63, 3.8) is 0 Å². The van der Waals surface area contributed by atoms with Gasteiger partial charge in [-0.1, -0.05) is 30.3 Å². The standard InChI is InChI=1S/C21H18N2O3S/c1-24-18-10-9-15(19(25-2)20(18)26-3)11-16(12-22)21-23-17(13-27-21)14-7-5-4-6-8-14/h4-11,13H,1-3H3/b16-11-. The lowest BCUT2D eigenvalue weighted by molar-refractivity contribution is 0.324. The molecule has 1 heterocycles. The van der Waals surface area contributed by atoms with Crippen LogP contribution in [0.25, 0.3) is 22.9 Å². The van der Waals surface area contributed by atoms with Crippen molar-refractivity contribution in [1.29, 1.82) is 5.26 Å². The zero-order valence-electron chi connectivity index (χ0n) is 15.2. The molecule has 0 aliphatic rings. The molecule has 27 heavy (non-hydrogen) atoms. The van der Waals surface area contributed by atoms with Crippen molar-refractivity contribution in [2.75, 3.05) is 21.3 Å². The van der Waals surface area contributed by atoms with Crippen molar-refractivity contribution in [2.45, 2.75) is 0 Å². The quantitative estimate of drug-likeness (QED) is 0.571. The van der Waals surface area contributed by atoms with E-state index in [1.165, 1.54) is 11.3 Å². The number of rotatable bonds is 6. The Bertz CT molecular complexity index is 1000. The number of benzene rings is 2. The highest BCUT2D eigenvalue weighted by atomic mass is 32.1. The van der Waals surface area contributed by atoms with Gasteiger partial charge in [0, 0.05) is 16.5 Å². The van der Waals surface area contributed by atoms with E-state index in [4.69, 9.17) is 14.2 Å². The van der Waals surface area contributed by atoms with E-state index in [0.717, 1.165) is 11.3 Å². The highest BCUT2D eigenvalue weighted by Crippen LogP contribution is 2.41. The summed E-state index contributed by atoms with van der Waals surface area (Å²) in [6, 6.07) is 15.7. The Balaban J connectivity index is 2.03. The summed E-state index contributed by atoms with van der Waals surface area (Å²) in [5, 5.41) is 12.3. The first-order chi connectivity index (χ1) is 13.2. The third-order valence-corrected chi connectivity index (χ3v) is 4.83.